The van der Waals surface area contributed by atoms with Crippen molar-refractivity contribution in [3.05, 3.63) is 35.9 Å². The van der Waals surface area contributed by atoms with Crippen molar-refractivity contribution >= 4 is 12.4 Å². The molecule has 4 N–H and O–H groups in total. The van der Waals surface area contributed by atoms with Gasteiger partial charge in [0.05, 0.1) is 12.2 Å². The number of nitrogens with two attached hydrogens (primary N) is 1. The number of rotatable bonds is 16. The van der Waals surface area contributed by atoms with Crippen LogP contribution in [-0.4, -0.2) is 28.5 Å². The van der Waals surface area contributed by atoms with E-state index >= 15 is 0 Å². The summed E-state index contributed by atoms with van der Waals surface area (Å²) in [7, 11) is 0. The van der Waals surface area contributed by atoms with Gasteiger partial charge in [0.15, 0.2) is 0 Å². The number of hydrogen-bond donors (Lipinski definition) is 3. The van der Waals surface area contributed by atoms with Crippen LogP contribution in [0.4, 0.5) is 0 Å². The Labute approximate surface area is 185 Å². The fraction of sp³-hybridized carbons (Fsp3) is 0.760. The lowest BCUT2D eigenvalue weighted by molar-refractivity contribution is 0.0852. The lowest BCUT2D eigenvalue weighted by atomic mass is 9.66. The van der Waals surface area contributed by atoms with Crippen LogP contribution in [0.2, 0.25) is 0 Å². The number of benzene rings is 1. The van der Waals surface area contributed by atoms with Gasteiger partial charge < -0.3 is 15.9 Å². The van der Waals surface area contributed by atoms with Gasteiger partial charge in [0.1, 0.15) is 0 Å². The van der Waals surface area contributed by atoms with Crippen LogP contribution in [0.1, 0.15) is 103 Å². The summed E-state index contributed by atoms with van der Waals surface area (Å²) in [5, 5.41) is 20.4. The third kappa shape index (κ3) is 10.8. The van der Waals surface area contributed by atoms with Gasteiger partial charge in [0.25, 0.3) is 0 Å². The molecule has 0 bridgehead atoms. The second-order valence-electron chi connectivity index (χ2n) is 8.85. The van der Waals surface area contributed by atoms with E-state index in [9.17, 15) is 10.2 Å². The second kappa shape index (κ2) is 16.1. The zero-order chi connectivity index (χ0) is 20.8. The maximum Gasteiger partial charge on any atom is 0.0521 e. The quantitative estimate of drug-likeness (QED) is 0.278. The summed E-state index contributed by atoms with van der Waals surface area (Å²) in [4.78, 5) is 0. The van der Waals surface area contributed by atoms with E-state index in [0.29, 0.717) is 12.8 Å². The summed E-state index contributed by atoms with van der Waals surface area (Å²) in [6.07, 6.45) is 12.9. The van der Waals surface area contributed by atoms with Crippen molar-refractivity contribution in [2.45, 2.75) is 121 Å². The average molecular weight is 428 g/mol. The highest BCUT2D eigenvalue weighted by Crippen LogP contribution is 2.39. The molecule has 0 spiro atoms. The largest absolute Gasteiger partial charge is 0.393 e. The zero-order valence-corrected chi connectivity index (χ0v) is 19.8. The predicted octanol–water partition coefficient (Wildman–Crippen LogP) is 6.14. The van der Waals surface area contributed by atoms with Gasteiger partial charge in [-0.25, -0.2) is 0 Å². The molecule has 0 amide bonds. The molecule has 0 aliphatic rings. The number of unbranched alkanes of at least 4 members (excludes halogenated alkanes) is 8. The summed E-state index contributed by atoms with van der Waals surface area (Å²) >= 11 is 0. The Morgan fingerprint density at radius 3 is 1.69 bits per heavy atom. The fourth-order valence-corrected chi connectivity index (χ4v) is 4.61. The number of hydrogen-bond acceptors (Lipinski definition) is 3. The molecular formula is C25H46ClNO2. The lowest BCUT2D eigenvalue weighted by Crippen LogP contribution is -2.49. The van der Waals surface area contributed by atoms with Gasteiger partial charge in [0.2, 0.25) is 0 Å². The van der Waals surface area contributed by atoms with Crippen LogP contribution in [-0.2, 0) is 5.41 Å². The first-order valence-electron chi connectivity index (χ1n) is 11.6. The minimum atomic E-state index is -0.451. The van der Waals surface area contributed by atoms with Crippen molar-refractivity contribution < 1.29 is 10.2 Å². The lowest BCUT2D eigenvalue weighted by Gasteiger charge is -2.42. The maximum atomic E-state index is 10.2. The molecule has 0 saturated heterocycles. The Balaban J connectivity index is 0.00000784. The van der Waals surface area contributed by atoms with Crippen molar-refractivity contribution in [1.29, 1.82) is 0 Å². The van der Waals surface area contributed by atoms with E-state index in [1.165, 1.54) is 51.4 Å². The molecule has 4 heteroatoms. The van der Waals surface area contributed by atoms with Crippen LogP contribution in [0.25, 0.3) is 0 Å². The predicted molar refractivity (Wildman–Crippen MR) is 128 cm³/mol. The van der Waals surface area contributed by atoms with Gasteiger partial charge >= 0.3 is 0 Å². The van der Waals surface area contributed by atoms with Crippen molar-refractivity contribution in [3.8, 4) is 0 Å². The Bertz CT molecular complexity index is 483. The minimum Gasteiger partial charge on any atom is -0.393 e. The van der Waals surface area contributed by atoms with E-state index in [1.54, 1.807) is 0 Å². The van der Waals surface area contributed by atoms with Crippen LogP contribution in [0.3, 0.4) is 0 Å². The van der Waals surface area contributed by atoms with Crippen molar-refractivity contribution in [3.63, 3.8) is 0 Å². The minimum absolute atomic E-state index is 0. The van der Waals surface area contributed by atoms with E-state index in [2.05, 4.69) is 19.1 Å². The third-order valence-corrected chi connectivity index (χ3v) is 6.00. The van der Waals surface area contributed by atoms with E-state index in [1.807, 2.05) is 32.0 Å². The normalized spacial score (nSPS) is 16.5. The van der Waals surface area contributed by atoms with Crippen LogP contribution < -0.4 is 5.73 Å². The number of aliphatic hydroxyl groups excluding tert-OH is 2. The van der Waals surface area contributed by atoms with Crippen molar-refractivity contribution in [2.24, 2.45) is 5.73 Å². The first-order chi connectivity index (χ1) is 13.4. The maximum absolute atomic E-state index is 10.2. The van der Waals surface area contributed by atoms with E-state index in [-0.39, 0.29) is 23.9 Å². The highest BCUT2D eigenvalue weighted by atomic mass is 35.5. The van der Waals surface area contributed by atoms with Gasteiger partial charge in [-0.15, -0.1) is 12.4 Å². The fourth-order valence-electron chi connectivity index (χ4n) is 4.61. The molecule has 0 heterocycles. The molecule has 3 atom stereocenters. The first-order valence-corrected chi connectivity index (χ1v) is 11.6. The second-order valence-corrected chi connectivity index (χ2v) is 8.85. The van der Waals surface area contributed by atoms with Gasteiger partial charge in [-0.2, -0.15) is 0 Å². The first kappa shape index (κ1) is 28.4. The van der Waals surface area contributed by atoms with Crippen LogP contribution in [0.5, 0.6) is 0 Å². The molecule has 3 unspecified atom stereocenters. The van der Waals surface area contributed by atoms with Gasteiger partial charge in [0, 0.05) is 11.5 Å². The molecule has 0 radical (unpaired) electrons. The number of aliphatic hydroxyl groups is 2. The van der Waals surface area contributed by atoms with E-state index in [0.717, 1.165) is 18.4 Å². The molecule has 0 aliphatic heterocycles. The monoisotopic (exact) mass is 427 g/mol. The Morgan fingerprint density at radius 1 is 0.793 bits per heavy atom. The van der Waals surface area contributed by atoms with E-state index < -0.39 is 12.2 Å². The summed E-state index contributed by atoms with van der Waals surface area (Å²) in [6.45, 7) is 5.91. The van der Waals surface area contributed by atoms with Crippen LogP contribution in [0.15, 0.2) is 30.3 Å². The third-order valence-electron chi connectivity index (χ3n) is 6.00. The number of halogens is 1. The van der Waals surface area contributed by atoms with Gasteiger partial charge in [-0.1, -0.05) is 95.0 Å². The molecule has 0 aliphatic carbocycles. The molecule has 29 heavy (non-hydrogen) atoms. The molecule has 1 aromatic rings. The smallest absolute Gasteiger partial charge is 0.0521 e. The molecule has 1 aromatic carbocycles. The SMILES string of the molecule is CCCCCCCCCCCC(N)C(CC(C)O)(CC(C)O)c1ccccc1.Cl. The summed E-state index contributed by atoms with van der Waals surface area (Å²) in [6, 6.07) is 10.2. The standard InChI is InChI=1S/C25H45NO2.ClH/c1-4-5-6-7-8-9-10-11-15-18-24(26)25(19-21(2)27,20-22(3)28)23-16-13-12-14-17-23;/h12-14,16-17,21-22,24,27-28H,4-11,15,18-20,26H2,1-3H3;1H. The summed E-state index contributed by atoms with van der Waals surface area (Å²) < 4.78 is 0. The molecule has 3 nitrogen and oxygen atoms in total. The Hall–Kier alpha value is -0.610. The highest BCUT2D eigenvalue weighted by Gasteiger charge is 2.40. The Morgan fingerprint density at radius 2 is 1.24 bits per heavy atom. The van der Waals surface area contributed by atoms with Crippen molar-refractivity contribution in [1.82, 2.24) is 0 Å². The molecule has 0 aromatic heterocycles. The average Bonchev–Trinajstić information content (AvgIpc) is 2.65. The van der Waals surface area contributed by atoms with Crippen LogP contribution in [0, 0.1) is 0 Å². The summed E-state index contributed by atoms with van der Waals surface area (Å²) in [5.74, 6) is 0. The Kier molecular flexibility index (Phi) is 15.8. The zero-order valence-electron chi connectivity index (χ0n) is 19.0. The van der Waals surface area contributed by atoms with Crippen LogP contribution >= 0.6 is 12.4 Å². The van der Waals surface area contributed by atoms with E-state index in [4.69, 9.17) is 5.73 Å². The molecule has 1 rings (SSSR count). The molecular weight excluding hydrogens is 382 g/mol. The molecule has 0 fully saturated rings. The highest BCUT2D eigenvalue weighted by molar-refractivity contribution is 5.85. The van der Waals surface area contributed by atoms with Crippen molar-refractivity contribution in [2.75, 3.05) is 0 Å². The van der Waals surface area contributed by atoms with Gasteiger partial charge in [-0.05, 0) is 38.7 Å². The summed E-state index contributed by atoms with van der Waals surface area (Å²) in [5.41, 5.74) is 7.51. The molecule has 170 valence electrons. The topological polar surface area (TPSA) is 66.5 Å². The van der Waals surface area contributed by atoms with Gasteiger partial charge in [-0.3, -0.25) is 0 Å². The molecule has 0 saturated carbocycles.